The first-order chi connectivity index (χ1) is 26.0. The standard InChI is InChI=1S/C37H41N7O10/c1-3-19-53-36(50)32(44-37(51)54-22-29-27-11-7-5-9-25(27)26-10-6-8-12-28(26)29)17-18-33(47)42-30(15-13-23(45)20-40-38)34(48)43-31(35(49)52-4-2)16-14-24(46)21-41-39/h3,5-12,20-21,29-32H,1,4,13-19,22H2,2H3,(H,42,47)(H,43,48)(H,44,51)/t30-,31-,32-/m0/s1. The van der Waals surface area contributed by atoms with E-state index in [4.69, 9.17) is 25.3 Å². The molecule has 0 saturated heterocycles. The molecule has 0 radical (unpaired) electrons. The summed E-state index contributed by atoms with van der Waals surface area (Å²) in [6, 6.07) is 11.4. The van der Waals surface area contributed by atoms with Crippen molar-refractivity contribution in [3.63, 3.8) is 0 Å². The van der Waals surface area contributed by atoms with Gasteiger partial charge in [-0.15, -0.1) is 0 Å². The second kappa shape index (κ2) is 21.7. The summed E-state index contributed by atoms with van der Waals surface area (Å²) in [7, 11) is 0. The van der Waals surface area contributed by atoms with Crippen LogP contribution in [-0.4, -0.2) is 101 Å². The minimum absolute atomic E-state index is 0.0404. The quantitative estimate of drug-likeness (QED) is 0.0396. The summed E-state index contributed by atoms with van der Waals surface area (Å²) in [6.07, 6.45) is -0.327. The Labute approximate surface area is 310 Å². The van der Waals surface area contributed by atoms with Crippen molar-refractivity contribution in [3.05, 3.63) is 83.4 Å². The molecule has 3 rings (SSSR count). The molecular weight excluding hydrogens is 702 g/mol. The number of carbonyl (C=O) groups excluding carboxylic acids is 7. The summed E-state index contributed by atoms with van der Waals surface area (Å²) in [5, 5.41) is 7.31. The molecule has 17 nitrogen and oxygen atoms in total. The van der Waals surface area contributed by atoms with Gasteiger partial charge in [0.25, 0.3) is 0 Å². The van der Waals surface area contributed by atoms with Crippen molar-refractivity contribution in [1.29, 1.82) is 0 Å². The minimum atomic E-state index is -1.43. The molecular formula is C37H41N7O10. The maximum atomic E-state index is 13.3. The summed E-state index contributed by atoms with van der Waals surface area (Å²) < 4.78 is 15.7. The van der Waals surface area contributed by atoms with Crippen LogP contribution in [0.25, 0.3) is 22.2 Å². The van der Waals surface area contributed by atoms with Gasteiger partial charge in [-0.3, -0.25) is 19.2 Å². The molecule has 284 valence electrons. The van der Waals surface area contributed by atoms with Crippen molar-refractivity contribution < 1.29 is 57.4 Å². The molecule has 1 aliphatic carbocycles. The molecule has 0 fully saturated rings. The molecule has 3 atom stereocenters. The zero-order chi connectivity index (χ0) is 39.5. The number of alkyl carbamates (subject to hydrolysis) is 1. The third-order valence-corrected chi connectivity index (χ3v) is 8.23. The summed E-state index contributed by atoms with van der Waals surface area (Å²) >= 11 is 0. The average molecular weight is 744 g/mol. The zero-order valence-corrected chi connectivity index (χ0v) is 29.6. The second-order valence-corrected chi connectivity index (χ2v) is 11.9. The molecule has 0 spiro atoms. The van der Waals surface area contributed by atoms with Gasteiger partial charge in [0.05, 0.1) is 6.61 Å². The summed E-state index contributed by atoms with van der Waals surface area (Å²) in [5.74, 6) is -5.04. The number of nitrogens with zero attached hydrogens (tertiary/aromatic N) is 4. The number of Topliss-reactive ketones (excluding diaryl/α,β-unsaturated/α-hetero) is 2. The Morgan fingerprint density at radius 3 is 1.80 bits per heavy atom. The van der Waals surface area contributed by atoms with Crippen LogP contribution in [0.15, 0.2) is 61.2 Å². The Morgan fingerprint density at radius 1 is 0.722 bits per heavy atom. The molecule has 3 N–H and O–H groups in total. The lowest BCUT2D eigenvalue weighted by molar-refractivity contribution is -0.148. The van der Waals surface area contributed by atoms with E-state index in [0.717, 1.165) is 22.3 Å². The Hall–Kier alpha value is -6.57. The van der Waals surface area contributed by atoms with Gasteiger partial charge in [-0.25, -0.2) is 14.4 Å². The number of ether oxygens (including phenoxy) is 3. The van der Waals surface area contributed by atoms with Gasteiger partial charge < -0.3 is 41.2 Å². The van der Waals surface area contributed by atoms with Gasteiger partial charge in [-0.2, -0.15) is 9.58 Å². The fourth-order valence-corrected chi connectivity index (χ4v) is 5.68. The number of benzene rings is 2. The second-order valence-electron chi connectivity index (χ2n) is 11.9. The van der Waals surface area contributed by atoms with Gasteiger partial charge in [-0.05, 0) is 48.4 Å². The number of fused-ring (bicyclic) bond motifs is 3. The molecule has 17 heteroatoms. The van der Waals surface area contributed by atoms with E-state index in [2.05, 4.69) is 32.1 Å². The molecule has 3 amide bonds. The lowest BCUT2D eigenvalue weighted by Gasteiger charge is -2.23. The van der Waals surface area contributed by atoms with Gasteiger partial charge in [0.15, 0.2) is 0 Å². The van der Waals surface area contributed by atoms with Gasteiger partial charge >= 0.3 is 30.5 Å². The topological polar surface area (TPSA) is 256 Å². The van der Waals surface area contributed by atoms with Gasteiger partial charge in [0.1, 0.15) is 31.3 Å². The maximum absolute atomic E-state index is 13.3. The molecule has 0 unspecified atom stereocenters. The number of amides is 3. The first kappa shape index (κ1) is 41.8. The highest BCUT2D eigenvalue weighted by Crippen LogP contribution is 2.44. The van der Waals surface area contributed by atoms with E-state index in [1.807, 2.05) is 48.5 Å². The third kappa shape index (κ3) is 12.6. The van der Waals surface area contributed by atoms with Crippen LogP contribution in [0.5, 0.6) is 0 Å². The summed E-state index contributed by atoms with van der Waals surface area (Å²) in [5.41, 5.74) is 21.3. The van der Waals surface area contributed by atoms with Crippen LogP contribution in [-0.2, 0) is 43.0 Å². The first-order valence-corrected chi connectivity index (χ1v) is 17.1. The molecule has 0 saturated carbocycles. The summed E-state index contributed by atoms with van der Waals surface area (Å²) in [4.78, 5) is 94.2. The van der Waals surface area contributed by atoms with Crippen LogP contribution in [0.3, 0.4) is 0 Å². The van der Waals surface area contributed by atoms with Crippen LogP contribution in [0, 0.1) is 0 Å². The third-order valence-electron chi connectivity index (χ3n) is 8.23. The van der Waals surface area contributed by atoms with Crippen LogP contribution >= 0.6 is 0 Å². The number of hydrogen-bond acceptors (Lipinski definition) is 10. The van der Waals surface area contributed by atoms with Crippen LogP contribution in [0.4, 0.5) is 4.79 Å². The van der Waals surface area contributed by atoms with Crippen LogP contribution < -0.4 is 16.0 Å². The molecule has 2 aromatic rings. The van der Waals surface area contributed by atoms with E-state index in [1.165, 1.54) is 13.0 Å². The molecule has 1 aliphatic rings. The SMILES string of the molecule is C=CCOC(=O)[C@H](CCC(=O)N[C@@H](CCC(=O)C=[N+]=[N-])C(=O)N[C@@H](CCC(=O)C=[N+]=[N-])C(=O)OCC)NC(=O)OCC1c2ccccc2-c2ccccc21. The van der Waals surface area contributed by atoms with E-state index in [1.54, 1.807) is 0 Å². The lowest BCUT2D eigenvalue weighted by atomic mass is 9.98. The van der Waals surface area contributed by atoms with Crippen molar-refractivity contribution in [2.24, 2.45) is 0 Å². The first-order valence-electron chi connectivity index (χ1n) is 17.1. The predicted octanol–water partition coefficient (Wildman–Crippen LogP) is 2.24. The van der Waals surface area contributed by atoms with E-state index in [-0.39, 0.29) is 57.8 Å². The van der Waals surface area contributed by atoms with Gasteiger partial charge in [-0.1, -0.05) is 61.2 Å². The molecule has 2 aromatic carbocycles. The number of esters is 2. The van der Waals surface area contributed by atoms with E-state index in [0.29, 0.717) is 12.4 Å². The molecule has 0 aromatic heterocycles. The van der Waals surface area contributed by atoms with Gasteiger partial charge in [0.2, 0.25) is 23.4 Å². The predicted molar refractivity (Wildman–Crippen MR) is 191 cm³/mol. The van der Waals surface area contributed by atoms with Crippen LogP contribution in [0.2, 0.25) is 0 Å². The van der Waals surface area contributed by atoms with E-state index >= 15 is 0 Å². The normalized spacial score (nSPS) is 12.8. The Balaban J connectivity index is 1.69. The Bertz CT molecular complexity index is 1790. The Morgan fingerprint density at radius 2 is 1.24 bits per heavy atom. The van der Waals surface area contributed by atoms with E-state index < -0.39 is 66.0 Å². The van der Waals surface area contributed by atoms with Crippen LogP contribution in [0.1, 0.15) is 62.5 Å². The van der Waals surface area contributed by atoms with Crippen molar-refractivity contribution in [1.82, 2.24) is 16.0 Å². The lowest BCUT2D eigenvalue weighted by Crippen LogP contribution is -2.52. The number of carbonyl (C=O) groups is 7. The fourth-order valence-electron chi connectivity index (χ4n) is 5.68. The smallest absolute Gasteiger partial charge is 0.407 e. The van der Waals surface area contributed by atoms with Crippen molar-refractivity contribution in [2.75, 3.05) is 19.8 Å². The van der Waals surface area contributed by atoms with Crippen molar-refractivity contribution in [2.45, 2.75) is 69.5 Å². The highest BCUT2D eigenvalue weighted by atomic mass is 16.6. The minimum Gasteiger partial charge on any atom is -0.464 e. The van der Waals surface area contributed by atoms with Crippen molar-refractivity contribution in [3.8, 4) is 11.1 Å². The molecule has 0 aliphatic heterocycles. The number of nitrogens with one attached hydrogen (secondary N) is 3. The Kier molecular flexibility index (Phi) is 16.8. The average Bonchev–Trinajstić information content (AvgIpc) is 3.48. The number of rotatable bonds is 22. The number of hydrogen-bond donors (Lipinski definition) is 3. The van der Waals surface area contributed by atoms with Gasteiger partial charge in [0, 0.05) is 25.2 Å². The number of ketones is 2. The fraction of sp³-hybridized carbons (Fsp3) is 0.378. The molecule has 0 bridgehead atoms. The monoisotopic (exact) mass is 743 g/mol. The highest BCUT2D eigenvalue weighted by molar-refractivity contribution is 6.25. The highest BCUT2D eigenvalue weighted by Gasteiger charge is 2.32. The van der Waals surface area contributed by atoms with E-state index in [9.17, 15) is 33.6 Å². The largest absolute Gasteiger partial charge is 0.464 e. The zero-order valence-electron chi connectivity index (χ0n) is 29.6. The molecule has 0 heterocycles. The molecule has 54 heavy (non-hydrogen) atoms. The maximum Gasteiger partial charge on any atom is 0.407 e. The van der Waals surface area contributed by atoms with Crippen molar-refractivity contribution >= 4 is 53.8 Å². The summed E-state index contributed by atoms with van der Waals surface area (Å²) in [6.45, 7) is 4.76.